The highest BCUT2D eigenvalue weighted by atomic mass is 32.2. The Bertz CT molecular complexity index is 548. The lowest BCUT2D eigenvalue weighted by Gasteiger charge is -2.29. The molecule has 3 rings (SSSR count). The van der Waals surface area contributed by atoms with E-state index < -0.39 is 0 Å². The molecule has 0 aliphatic carbocycles. The van der Waals surface area contributed by atoms with Gasteiger partial charge in [0.05, 0.1) is 7.11 Å². The van der Waals surface area contributed by atoms with E-state index in [0.29, 0.717) is 30.6 Å². The smallest absolute Gasteiger partial charge is 0.305 e. The van der Waals surface area contributed by atoms with E-state index in [9.17, 15) is 9.59 Å². The molecule has 3 atom stereocenters. The lowest BCUT2D eigenvalue weighted by molar-refractivity contribution is -0.140. The molecule has 1 amide bonds. The van der Waals surface area contributed by atoms with E-state index in [2.05, 4.69) is 12.1 Å². The number of methoxy groups -OCH3 is 1. The standard InChI is InChI=1S/C17H21NO3S/c1-21-16(20)8-7-14-17-13(11-22-14)9-15(19)18(17)10-12-5-3-2-4-6-12/h2-6,13-14,17H,7-11H2,1H3/t13-,14-,17-/m0/s1. The summed E-state index contributed by atoms with van der Waals surface area (Å²) >= 11 is 1.90. The van der Waals surface area contributed by atoms with Crippen LogP contribution in [0.5, 0.6) is 0 Å². The van der Waals surface area contributed by atoms with Crippen molar-refractivity contribution in [1.82, 2.24) is 4.90 Å². The molecule has 0 saturated carbocycles. The van der Waals surface area contributed by atoms with Gasteiger partial charge in [-0.05, 0) is 23.7 Å². The minimum atomic E-state index is -0.164. The normalized spacial score (nSPS) is 27.0. The Balaban J connectivity index is 1.69. The lowest BCUT2D eigenvalue weighted by Crippen LogP contribution is -2.39. The molecule has 2 aliphatic heterocycles. The number of amides is 1. The predicted molar refractivity (Wildman–Crippen MR) is 86.4 cm³/mol. The second-order valence-corrected chi connectivity index (χ2v) is 7.22. The van der Waals surface area contributed by atoms with Crippen LogP contribution in [0.25, 0.3) is 0 Å². The van der Waals surface area contributed by atoms with Gasteiger partial charge in [0.1, 0.15) is 0 Å². The van der Waals surface area contributed by atoms with Gasteiger partial charge < -0.3 is 9.64 Å². The summed E-state index contributed by atoms with van der Waals surface area (Å²) in [5, 5.41) is 0.347. The van der Waals surface area contributed by atoms with Crippen LogP contribution in [0.2, 0.25) is 0 Å². The fourth-order valence-corrected chi connectivity index (χ4v) is 5.14. The molecular formula is C17H21NO3S. The van der Waals surface area contributed by atoms with Gasteiger partial charge in [-0.2, -0.15) is 11.8 Å². The van der Waals surface area contributed by atoms with Crippen molar-refractivity contribution in [3.8, 4) is 0 Å². The zero-order chi connectivity index (χ0) is 15.5. The average molecular weight is 319 g/mol. The molecule has 0 aromatic heterocycles. The lowest BCUT2D eigenvalue weighted by atomic mass is 9.97. The number of benzene rings is 1. The van der Waals surface area contributed by atoms with Gasteiger partial charge in [0, 0.05) is 30.7 Å². The van der Waals surface area contributed by atoms with Crippen LogP contribution in [0.4, 0.5) is 0 Å². The van der Waals surface area contributed by atoms with Crippen molar-refractivity contribution < 1.29 is 14.3 Å². The maximum atomic E-state index is 12.4. The molecule has 0 radical (unpaired) electrons. The third-order valence-electron chi connectivity index (χ3n) is 4.56. The van der Waals surface area contributed by atoms with Crippen molar-refractivity contribution in [2.24, 2.45) is 5.92 Å². The van der Waals surface area contributed by atoms with Crippen LogP contribution in [-0.2, 0) is 20.9 Å². The monoisotopic (exact) mass is 319 g/mol. The number of rotatable bonds is 5. The van der Waals surface area contributed by atoms with Gasteiger partial charge in [-0.25, -0.2) is 0 Å². The average Bonchev–Trinajstić information content (AvgIpc) is 3.06. The van der Waals surface area contributed by atoms with Crippen LogP contribution >= 0.6 is 11.8 Å². The zero-order valence-corrected chi connectivity index (χ0v) is 13.6. The summed E-state index contributed by atoms with van der Waals surface area (Å²) < 4.78 is 4.74. The molecule has 0 bridgehead atoms. The number of carbonyl (C=O) groups excluding carboxylic acids is 2. The summed E-state index contributed by atoms with van der Waals surface area (Å²) in [7, 11) is 1.42. The highest BCUT2D eigenvalue weighted by Gasteiger charge is 2.48. The first-order valence-electron chi connectivity index (χ1n) is 7.71. The van der Waals surface area contributed by atoms with Crippen molar-refractivity contribution in [2.45, 2.75) is 37.1 Å². The van der Waals surface area contributed by atoms with Gasteiger partial charge in [0.2, 0.25) is 5.91 Å². The zero-order valence-electron chi connectivity index (χ0n) is 12.7. The maximum Gasteiger partial charge on any atom is 0.305 e. The first kappa shape index (κ1) is 15.4. The molecule has 0 spiro atoms. The second-order valence-electron chi connectivity index (χ2n) is 5.95. The molecule has 4 nitrogen and oxygen atoms in total. The second kappa shape index (κ2) is 6.73. The summed E-state index contributed by atoms with van der Waals surface area (Å²) in [4.78, 5) is 25.8. The van der Waals surface area contributed by atoms with Crippen molar-refractivity contribution in [1.29, 1.82) is 0 Å². The number of ether oxygens (including phenoxy) is 1. The van der Waals surface area contributed by atoms with E-state index in [-0.39, 0.29) is 17.9 Å². The van der Waals surface area contributed by atoms with E-state index in [0.717, 1.165) is 12.2 Å². The number of carbonyl (C=O) groups is 2. The molecule has 2 heterocycles. The molecular weight excluding hydrogens is 298 g/mol. The van der Waals surface area contributed by atoms with Crippen molar-refractivity contribution >= 4 is 23.6 Å². The van der Waals surface area contributed by atoms with E-state index in [4.69, 9.17) is 4.74 Å². The third kappa shape index (κ3) is 3.14. The van der Waals surface area contributed by atoms with Gasteiger partial charge >= 0.3 is 5.97 Å². The Morgan fingerprint density at radius 3 is 2.86 bits per heavy atom. The summed E-state index contributed by atoms with van der Waals surface area (Å²) in [6.45, 7) is 0.677. The third-order valence-corrected chi connectivity index (χ3v) is 6.13. The quantitative estimate of drug-likeness (QED) is 0.782. The number of fused-ring (bicyclic) bond motifs is 1. The van der Waals surface area contributed by atoms with Crippen LogP contribution in [0, 0.1) is 5.92 Å². The predicted octanol–water partition coefficient (Wildman–Crippen LogP) is 2.47. The first-order chi connectivity index (χ1) is 10.7. The molecule has 2 fully saturated rings. The Labute approximate surface area is 135 Å². The Kier molecular flexibility index (Phi) is 4.71. The number of likely N-dealkylation sites (tertiary alicyclic amines) is 1. The summed E-state index contributed by atoms with van der Waals surface area (Å²) in [5.41, 5.74) is 1.17. The summed E-state index contributed by atoms with van der Waals surface area (Å²) in [5.74, 6) is 1.54. The van der Waals surface area contributed by atoms with Crippen LogP contribution in [0.15, 0.2) is 30.3 Å². The van der Waals surface area contributed by atoms with Gasteiger partial charge in [0.15, 0.2) is 0 Å². The molecule has 2 aliphatic rings. The number of hydrogen-bond acceptors (Lipinski definition) is 4. The van der Waals surface area contributed by atoms with Crippen molar-refractivity contribution in [3.05, 3.63) is 35.9 Å². The van der Waals surface area contributed by atoms with Crippen LogP contribution < -0.4 is 0 Å². The number of hydrogen-bond donors (Lipinski definition) is 0. The van der Waals surface area contributed by atoms with Crippen LogP contribution in [-0.4, -0.2) is 40.9 Å². The SMILES string of the molecule is COC(=O)CC[C@@H]1SC[C@@H]2CC(=O)N(Cc3ccccc3)[C@@H]21. The van der Waals surface area contributed by atoms with E-state index in [1.807, 2.05) is 34.9 Å². The van der Waals surface area contributed by atoms with Crippen molar-refractivity contribution in [3.63, 3.8) is 0 Å². The molecule has 2 saturated heterocycles. The van der Waals surface area contributed by atoms with Crippen molar-refractivity contribution in [2.75, 3.05) is 12.9 Å². The fraction of sp³-hybridized carbons (Fsp3) is 0.529. The number of thioether (sulfide) groups is 1. The largest absolute Gasteiger partial charge is 0.469 e. The molecule has 22 heavy (non-hydrogen) atoms. The van der Waals surface area contributed by atoms with E-state index in [1.54, 1.807) is 0 Å². The van der Waals surface area contributed by atoms with Crippen LogP contribution in [0.1, 0.15) is 24.8 Å². The molecule has 1 aromatic rings. The van der Waals surface area contributed by atoms with Gasteiger partial charge in [-0.1, -0.05) is 30.3 Å². The highest BCUT2D eigenvalue weighted by molar-refractivity contribution is 8.00. The molecule has 1 aromatic carbocycles. The van der Waals surface area contributed by atoms with E-state index in [1.165, 1.54) is 12.7 Å². The molecule has 0 N–H and O–H groups in total. The molecule has 118 valence electrons. The van der Waals surface area contributed by atoms with Gasteiger partial charge in [-0.15, -0.1) is 0 Å². The summed E-state index contributed by atoms with van der Waals surface area (Å²) in [6, 6.07) is 10.4. The van der Waals surface area contributed by atoms with Crippen LogP contribution in [0.3, 0.4) is 0 Å². The van der Waals surface area contributed by atoms with Gasteiger partial charge in [0.25, 0.3) is 0 Å². The Morgan fingerprint density at radius 2 is 2.14 bits per heavy atom. The summed E-state index contributed by atoms with van der Waals surface area (Å²) in [6.07, 6.45) is 1.88. The van der Waals surface area contributed by atoms with Gasteiger partial charge in [-0.3, -0.25) is 9.59 Å². The minimum absolute atomic E-state index is 0.164. The Hall–Kier alpha value is -1.49. The minimum Gasteiger partial charge on any atom is -0.469 e. The molecule has 0 unspecified atom stereocenters. The van der Waals surface area contributed by atoms with E-state index >= 15 is 0 Å². The first-order valence-corrected chi connectivity index (χ1v) is 8.75. The molecule has 5 heteroatoms. The number of nitrogens with zero attached hydrogens (tertiary/aromatic N) is 1. The fourth-order valence-electron chi connectivity index (χ4n) is 3.48. The highest BCUT2D eigenvalue weighted by Crippen LogP contribution is 2.44. The number of esters is 1. The maximum absolute atomic E-state index is 12.4. The Morgan fingerprint density at radius 1 is 1.36 bits per heavy atom. The topological polar surface area (TPSA) is 46.6 Å².